The van der Waals surface area contributed by atoms with Crippen molar-refractivity contribution in [2.24, 2.45) is 5.73 Å². The van der Waals surface area contributed by atoms with Crippen LogP contribution in [0.1, 0.15) is 26.2 Å². The minimum absolute atomic E-state index is 0.0419. The minimum atomic E-state index is 0.0419. The molecule has 4 heteroatoms. The van der Waals surface area contributed by atoms with Gasteiger partial charge in [0.25, 0.3) is 0 Å². The fourth-order valence-corrected chi connectivity index (χ4v) is 1.99. The van der Waals surface area contributed by atoms with E-state index >= 15 is 0 Å². The lowest BCUT2D eigenvalue weighted by molar-refractivity contribution is 0.283. The summed E-state index contributed by atoms with van der Waals surface area (Å²) < 4.78 is 5.53. The lowest BCUT2D eigenvalue weighted by Crippen LogP contribution is -2.51. The molecule has 1 aromatic heterocycles. The van der Waals surface area contributed by atoms with Gasteiger partial charge < -0.3 is 15.8 Å². The lowest BCUT2D eigenvalue weighted by Gasteiger charge is -2.42. The van der Waals surface area contributed by atoms with Gasteiger partial charge in [0.05, 0.1) is 12.1 Å². The van der Waals surface area contributed by atoms with E-state index in [1.54, 1.807) is 6.20 Å². The fraction of sp³-hybridized carbons (Fsp3) is 0.583. The maximum absolute atomic E-state index is 5.81. The zero-order valence-corrected chi connectivity index (χ0v) is 9.70. The second-order valence-corrected chi connectivity index (χ2v) is 4.25. The van der Waals surface area contributed by atoms with E-state index < -0.39 is 0 Å². The molecule has 1 aromatic rings. The van der Waals surface area contributed by atoms with Crippen LogP contribution in [-0.2, 0) is 0 Å². The summed E-state index contributed by atoms with van der Waals surface area (Å²) in [5.41, 5.74) is 5.85. The average Bonchev–Trinajstić information content (AvgIpc) is 2.26. The van der Waals surface area contributed by atoms with Crippen LogP contribution < -0.4 is 15.8 Å². The first-order valence-electron chi connectivity index (χ1n) is 5.86. The molecule has 1 aliphatic rings. The summed E-state index contributed by atoms with van der Waals surface area (Å²) in [6.07, 6.45) is 5.24. The number of pyridine rings is 1. The quantitative estimate of drug-likeness (QED) is 0.795. The number of nitrogens with zero attached hydrogens (tertiary/aromatic N) is 1. The highest BCUT2D eigenvalue weighted by Crippen LogP contribution is 2.36. The van der Waals surface area contributed by atoms with Crippen LogP contribution in [0.15, 0.2) is 18.3 Å². The molecule has 0 atom stereocenters. The molecule has 2 rings (SSSR count). The van der Waals surface area contributed by atoms with Crippen molar-refractivity contribution in [2.75, 3.05) is 18.5 Å². The predicted octanol–water partition coefficient (Wildman–Crippen LogP) is 1.77. The Hall–Kier alpha value is -1.29. The molecule has 0 bridgehead atoms. The van der Waals surface area contributed by atoms with Gasteiger partial charge in [-0.1, -0.05) is 0 Å². The molecule has 1 aliphatic carbocycles. The second kappa shape index (κ2) is 4.70. The molecule has 0 unspecified atom stereocenters. The third-order valence-corrected chi connectivity index (χ3v) is 3.16. The van der Waals surface area contributed by atoms with Crippen molar-refractivity contribution in [1.29, 1.82) is 0 Å². The van der Waals surface area contributed by atoms with Gasteiger partial charge in [0.2, 0.25) is 0 Å². The Balaban J connectivity index is 2.13. The fourth-order valence-electron chi connectivity index (χ4n) is 1.99. The van der Waals surface area contributed by atoms with E-state index in [0.29, 0.717) is 13.2 Å². The minimum Gasteiger partial charge on any atom is -0.490 e. The topological polar surface area (TPSA) is 60.2 Å². The van der Waals surface area contributed by atoms with Crippen molar-refractivity contribution in [3.8, 4) is 5.75 Å². The molecule has 1 saturated carbocycles. The molecule has 1 heterocycles. The third kappa shape index (κ3) is 2.11. The Morgan fingerprint density at radius 3 is 2.94 bits per heavy atom. The number of rotatable bonds is 5. The lowest BCUT2D eigenvalue weighted by atomic mass is 9.77. The first-order chi connectivity index (χ1) is 7.79. The predicted molar refractivity (Wildman–Crippen MR) is 64.7 cm³/mol. The highest BCUT2D eigenvalue weighted by Gasteiger charge is 2.36. The molecule has 0 radical (unpaired) electrons. The maximum Gasteiger partial charge on any atom is 0.169 e. The number of anilines is 1. The van der Waals surface area contributed by atoms with Crippen LogP contribution in [0.25, 0.3) is 0 Å². The molecule has 0 spiro atoms. The van der Waals surface area contributed by atoms with Gasteiger partial charge in [0.1, 0.15) is 0 Å². The van der Waals surface area contributed by atoms with Crippen LogP contribution in [0.3, 0.4) is 0 Å². The molecule has 0 aliphatic heterocycles. The van der Waals surface area contributed by atoms with Crippen LogP contribution in [0.2, 0.25) is 0 Å². The zero-order chi connectivity index (χ0) is 11.4. The zero-order valence-electron chi connectivity index (χ0n) is 9.70. The van der Waals surface area contributed by atoms with Gasteiger partial charge in [-0.3, -0.25) is 0 Å². The summed E-state index contributed by atoms with van der Waals surface area (Å²) in [6.45, 7) is 3.27. The first kappa shape index (κ1) is 11.2. The molecular formula is C12H19N3O. The van der Waals surface area contributed by atoms with Gasteiger partial charge in [0.15, 0.2) is 11.6 Å². The SMILES string of the molecule is CCOc1cccnc1NC1(CN)CCC1. The number of ether oxygens (including phenoxy) is 1. The molecular weight excluding hydrogens is 202 g/mol. The van der Waals surface area contributed by atoms with Crippen LogP contribution >= 0.6 is 0 Å². The summed E-state index contributed by atoms with van der Waals surface area (Å²) in [4.78, 5) is 4.32. The van der Waals surface area contributed by atoms with E-state index in [4.69, 9.17) is 10.5 Å². The molecule has 1 fully saturated rings. The summed E-state index contributed by atoms with van der Waals surface area (Å²) in [5.74, 6) is 1.62. The van der Waals surface area contributed by atoms with Gasteiger partial charge in [0, 0.05) is 12.7 Å². The molecule has 3 N–H and O–H groups in total. The summed E-state index contributed by atoms with van der Waals surface area (Å²) in [5, 5.41) is 3.43. The summed E-state index contributed by atoms with van der Waals surface area (Å²) in [7, 11) is 0. The summed E-state index contributed by atoms with van der Waals surface area (Å²) >= 11 is 0. The van der Waals surface area contributed by atoms with E-state index in [1.165, 1.54) is 6.42 Å². The maximum atomic E-state index is 5.81. The Morgan fingerprint density at radius 2 is 2.38 bits per heavy atom. The van der Waals surface area contributed by atoms with E-state index in [2.05, 4.69) is 10.3 Å². The molecule has 88 valence electrons. The second-order valence-electron chi connectivity index (χ2n) is 4.25. The Morgan fingerprint density at radius 1 is 1.56 bits per heavy atom. The molecule has 0 amide bonds. The molecule has 4 nitrogen and oxygen atoms in total. The third-order valence-electron chi connectivity index (χ3n) is 3.16. The number of hydrogen-bond acceptors (Lipinski definition) is 4. The number of aromatic nitrogens is 1. The van der Waals surface area contributed by atoms with Gasteiger partial charge in [-0.05, 0) is 38.3 Å². The van der Waals surface area contributed by atoms with Crippen LogP contribution in [0.5, 0.6) is 5.75 Å². The van der Waals surface area contributed by atoms with Gasteiger partial charge >= 0.3 is 0 Å². The normalized spacial score (nSPS) is 17.6. The number of hydrogen-bond donors (Lipinski definition) is 2. The van der Waals surface area contributed by atoms with Crippen LogP contribution in [0, 0.1) is 0 Å². The average molecular weight is 221 g/mol. The Labute approximate surface area is 96.2 Å². The van der Waals surface area contributed by atoms with E-state index in [1.807, 2.05) is 19.1 Å². The van der Waals surface area contributed by atoms with Crippen molar-refractivity contribution >= 4 is 5.82 Å². The molecule has 0 aromatic carbocycles. The van der Waals surface area contributed by atoms with Crippen molar-refractivity contribution in [3.63, 3.8) is 0 Å². The van der Waals surface area contributed by atoms with Crippen molar-refractivity contribution in [1.82, 2.24) is 4.98 Å². The van der Waals surface area contributed by atoms with Gasteiger partial charge in [-0.25, -0.2) is 4.98 Å². The van der Waals surface area contributed by atoms with Gasteiger partial charge in [-0.2, -0.15) is 0 Å². The summed E-state index contributed by atoms with van der Waals surface area (Å²) in [6, 6.07) is 3.81. The molecule has 16 heavy (non-hydrogen) atoms. The first-order valence-corrected chi connectivity index (χ1v) is 5.86. The van der Waals surface area contributed by atoms with Crippen molar-refractivity contribution < 1.29 is 4.74 Å². The number of nitrogens with two attached hydrogens (primary N) is 1. The van der Waals surface area contributed by atoms with E-state index in [0.717, 1.165) is 24.4 Å². The largest absolute Gasteiger partial charge is 0.490 e. The van der Waals surface area contributed by atoms with Crippen molar-refractivity contribution in [2.45, 2.75) is 31.7 Å². The highest BCUT2D eigenvalue weighted by molar-refractivity contribution is 5.52. The van der Waals surface area contributed by atoms with Gasteiger partial charge in [-0.15, -0.1) is 0 Å². The Kier molecular flexibility index (Phi) is 3.29. The van der Waals surface area contributed by atoms with Crippen LogP contribution in [0.4, 0.5) is 5.82 Å². The molecule has 0 saturated heterocycles. The van der Waals surface area contributed by atoms with Crippen LogP contribution in [-0.4, -0.2) is 23.7 Å². The number of nitrogens with one attached hydrogen (secondary N) is 1. The smallest absolute Gasteiger partial charge is 0.169 e. The highest BCUT2D eigenvalue weighted by atomic mass is 16.5. The monoisotopic (exact) mass is 221 g/mol. The standard InChI is InChI=1S/C12H19N3O/c1-2-16-10-5-3-8-14-11(10)15-12(9-13)6-4-7-12/h3,5,8H,2,4,6-7,9,13H2,1H3,(H,14,15). The van der Waals surface area contributed by atoms with E-state index in [-0.39, 0.29) is 5.54 Å². The Bertz CT molecular complexity index is 344. The van der Waals surface area contributed by atoms with E-state index in [9.17, 15) is 0 Å². The van der Waals surface area contributed by atoms with Crippen molar-refractivity contribution in [3.05, 3.63) is 18.3 Å².